The molecule has 3 heterocycles. The predicted octanol–water partition coefficient (Wildman–Crippen LogP) is 1.78. The van der Waals surface area contributed by atoms with Crippen molar-refractivity contribution in [3.8, 4) is 0 Å². The third-order valence-corrected chi connectivity index (χ3v) is 4.05. The lowest BCUT2D eigenvalue weighted by atomic mass is 9.95. The highest BCUT2D eigenvalue weighted by atomic mass is 16.5. The van der Waals surface area contributed by atoms with Gasteiger partial charge in [-0.15, -0.1) is 0 Å². The van der Waals surface area contributed by atoms with E-state index in [1.807, 2.05) is 31.3 Å². The first-order chi connectivity index (χ1) is 8.81. The van der Waals surface area contributed by atoms with Gasteiger partial charge in [0.1, 0.15) is 6.04 Å². The van der Waals surface area contributed by atoms with E-state index in [2.05, 4.69) is 9.88 Å². The summed E-state index contributed by atoms with van der Waals surface area (Å²) in [4.78, 5) is 18.7. The Morgan fingerprint density at radius 2 is 2.44 bits per heavy atom. The van der Waals surface area contributed by atoms with E-state index in [0.29, 0.717) is 18.6 Å². The average Bonchev–Trinajstić information content (AvgIpc) is 2.97. The van der Waals surface area contributed by atoms with E-state index in [1.54, 1.807) is 0 Å². The van der Waals surface area contributed by atoms with E-state index >= 15 is 0 Å². The summed E-state index contributed by atoms with van der Waals surface area (Å²) in [6, 6.07) is 6.23. The van der Waals surface area contributed by atoms with Crippen molar-refractivity contribution < 1.29 is 9.53 Å². The van der Waals surface area contributed by atoms with Gasteiger partial charge in [-0.1, -0.05) is 6.07 Å². The molecule has 0 spiro atoms. The lowest BCUT2D eigenvalue weighted by Crippen LogP contribution is -2.36. The smallest absolute Gasteiger partial charge is 0.323 e. The number of carbonyl (C=O) groups is 1. The number of piperidine rings is 1. The highest BCUT2D eigenvalue weighted by Crippen LogP contribution is 2.46. The van der Waals surface area contributed by atoms with E-state index in [1.165, 1.54) is 0 Å². The average molecular weight is 246 g/mol. The van der Waals surface area contributed by atoms with Gasteiger partial charge in [0, 0.05) is 12.7 Å². The summed E-state index contributed by atoms with van der Waals surface area (Å²) in [5.74, 6) is 0.384. The highest BCUT2D eigenvalue weighted by Gasteiger charge is 2.51. The first-order valence-electron chi connectivity index (χ1n) is 6.64. The maximum atomic E-state index is 12.0. The van der Waals surface area contributed by atoms with E-state index in [4.69, 9.17) is 4.74 Å². The van der Waals surface area contributed by atoms with Crippen LogP contribution in [0.4, 0.5) is 0 Å². The second kappa shape index (κ2) is 4.69. The number of ether oxygens (including phenoxy) is 1. The van der Waals surface area contributed by atoms with Gasteiger partial charge in [0.2, 0.25) is 0 Å². The van der Waals surface area contributed by atoms with Gasteiger partial charge >= 0.3 is 5.97 Å². The van der Waals surface area contributed by atoms with E-state index in [9.17, 15) is 4.79 Å². The molecule has 0 amide bonds. The number of hydrogen-bond donors (Lipinski definition) is 0. The van der Waals surface area contributed by atoms with Crippen LogP contribution in [0.15, 0.2) is 24.4 Å². The molecule has 0 aliphatic carbocycles. The molecule has 4 unspecified atom stereocenters. The Kier molecular flexibility index (Phi) is 3.04. The number of esters is 1. The first kappa shape index (κ1) is 11.7. The fourth-order valence-corrected chi connectivity index (χ4v) is 3.32. The SMILES string of the molecule is CCOC(=O)C1C2CCN1C(c1ccccn1)C2. The van der Waals surface area contributed by atoms with Gasteiger partial charge < -0.3 is 4.74 Å². The molecule has 2 aliphatic rings. The van der Waals surface area contributed by atoms with Crippen LogP contribution >= 0.6 is 0 Å². The molecule has 0 saturated carbocycles. The van der Waals surface area contributed by atoms with Crippen LogP contribution in [0.1, 0.15) is 31.5 Å². The van der Waals surface area contributed by atoms with Crippen LogP contribution in [-0.4, -0.2) is 35.0 Å². The number of fused-ring (bicyclic) bond motifs is 2. The van der Waals surface area contributed by atoms with Gasteiger partial charge in [-0.25, -0.2) is 0 Å². The lowest BCUT2D eigenvalue weighted by molar-refractivity contribution is -0.148. The van der Waals surface area contributed by atoms with E-state index < -0.39 is 0 Å². The Morgan fingerprint density at radius 1 is 1.56 bits per heavy atom. The van der Waals surface area contributed by atoms with Crippen molar-refractivity contribution in [3.63, 3.8) is 0 Å². The topological polar surface area (TPSA) is 42.4 Å². The van der Waals surface area contributed by atoms with E-state index in [0.717, 1.165) is 25.1 Å². The van der Waals surface area contributed by atoms with Crippen molar-refractivity contribution in [1.29, 1.82) is 0 Å². The molecule has 1 aromatic rings. The summed E-state index contributed by atoms with van der Waals surface area (Å²) in [5.41, 5.74) is 1.08. The van der Waals surface area contributed by atoms with Crippen molar-refractivity contribution >= 4 is 5.97 Å². The molecule has 2 saturated heterocycles. The van der Waals surface area contributed by atoms with Crippen molar-refractivity contribution in [2.24, 2.45) is 5.92 Å². The fourth-order valence-electron chi connectivity index (χ4n) is 3.32. The van der Waals surface area contributed by atoms with Crippen molar-refractivity contribution in [2.75, 3.05) is 13.2 Å². The quantitative estimate of drug-likeness (QED) is 0.762. The Morgan fingerprint density at radius 3 is 3.17 bits per heavy atom. The maximum absolute atomic E-state index is 12.0. The molecule has 18 heavy (non-hydrogen) atoms. The molecule has 0 aromatic carbocycles. The monoisotopic (exact) mass is 246 g/mol. The van der Waals surface area contributed by atoms with Gasteiger partial charge in [-0.3, -0.25) is 14.7 Å². The molecule has 4 atom stereocenters. The number of pyridine rings is 1. The molecular weight excluding hydrogens is 228 g/mol. The second-order valence-corrected chi connectivity index (χ2v) is 4.99. The number of hydrogen-bond acceptors (Lipinski definition) is 4. The zero-order valence-electron chi connectivity index (χ0n) is 10.6. The van der Waals surface area contributed by atoms with Crippen LogP contribution in [0.2, 0.25) is 0 Å². The normalized spacial score (nSPS) is 33.6. The number of nitrogens with zero attached hydrogens (tertiary/aromatic N) is 2. The minimum absolute atomic E-state index is 0.0445. The molecule has 96 valence electrons. The molecule has 2 bridgehead atoms. The molecule has 0 radical (unpaired) electrons. The standard InChI is InChI=1S/C14H18N2O2/c1-2-18-14(17)13-10-6-8-16(13)12(9-10)11-5-3-4-7-15-11/h3-5,7,10,12-13H,2,6,8-9H2,1H3. The van der Waals surface area contributed by atoms with Crippen LogP contribution in [0, 0.1) is 5.92 Å². The number of carbonyl (C=O) groups excluding carboxylic acids is 1. The molecule has 0 N–H and O–H groups in total. The maximum Gasteiger partial charge on any atom is 0.323 e. The lowest BCUT2D eigenvalue weighted by Gasteiger charge is -2.25. The minimum Gasteiger partial charge on any atom is -0.465 e. The summed E-state index contributed by atoms with van der Waals surface area (Å²) >= 11 is 0. The molecule has 4 heteroatoms. The van der Waals surface area contributed by atoms with Crippen LogP contribution in [0.25, 0.3) is 0 Å². The van der Waals surface area contributed by atoms with E-state index in [-0.39, 0.29) is 12.0 Å². The van der Waals surface area contributed by atoms with Crippen molar-refractivity contribution in [3.05, 3.63) is 30.1 Å². The van der Waals surface area contributed by atoms with Gasteiger partial charge in [-0.05, 0) is 37.8 Å². The Labute approximate surface area is 107 Å². The fraction of sp³-hybridized carbons (Fsp3) is 0.571. The molecule has 2 fully saturated rings. The Balaban J connectivity index is 1.80. The second-order valence-electron chi connectivity index (χ2n) is 4.99. The van der Waals surface area contributed by atoms with Gasteiger partial charge in [0.25, 0.3) is 0 Å². The highest BCUT2D eigenvalue weighted by molar-refractivity contribution is 5.77. The van der Waals surface area contributed by atoms with Crippen molar-refractivity contribution in [2.45, 2.75) is 31.8 Å². The molecule has 1 aromatic heterocycles. The predicted molar refractivity (Wildman–Crippen MR) is 66.8 cm³/mol. The van der Waals surface area contributed by atoms with Crippen LogP contribution in [0.5, 0.6) is 0 Å². The molecule has 3 rings (SSSR count). The molecule has 2 aliphatic heterocycles. The molecular formula is C14H18N2O2. The number of rotatable bonds is 3. The zero-order valence-corrected chi connectivity index (χ0v) is 10.6. The Bertz CT molecular complexity index is 435. The zero-order chi connectivity index (χ0) is 12.5. The van der Waals surface area contributed by atoms with Gasteiger partial charge in [-0.2, -0.15) is 0 Å². The van der Waals surface area contributed by atoms with Crippen LogP contribution < -0.4 is 0 Å². The summed E-state index contributed by atoms with van der Waals surface area (Å²) in [5, 5.41) is 0. The van der Waals surface area contributed by atoms with Crippen LogP contribution in [-0.2, 0) is 9.53 Å². The Hall–Kier alpha value is -1.42. The molecule has 4 nitrogen and oxygen atoms in total. The van der Waals surface area contributed by atoms with Gasteiger partial charge in [0.05, 0.1) is 18.3 Å². The largest absolute Gasteiger partial charge is 0.465 e. The van der Waals surface area contributed by atoms with Crippen molar-refractivity contribution in [1.82, 2.24) is 9.88 Å². The third kappa shape index (κ3) is 1.81. The summed E-state index contributed by atoms with van der Waals surface area (Å²) in [6.07, 6.45) is 3.95. The first-order valence-corrected chi connectivity index (χ1v) is 6.64. The van der Waals surface area contributed by atoms with Gasteiger partial charge in [0.15, 0.2) is 0 Å². The summed E-state index contributed by atoms with van der Waals surface area (Å²) in [6.45, 7) is 3.31. The minimum atomic E-state index is -0.0570. The summed E-state index contributed by atoms with van der Waals surface area (Å²) in [7, 11) is 0. The van der Waals surface area contributed by atoms with Crippen LogP contribution in [0.3, 0.4) is 0 Å². The number of aromatic nitrogens is 1. The third-order valence-electron chi connectivity index (χ3n) is 4.05. The summed E-state index contributed by atoms with van der Waals surface area (Å²) < 4.78 is 5.19.